The number of nitrogens with two attached hydrogens (primary N) is 1. The van der Waals surface area contributed by atoms with Crippen molar-refractivity contribution in [2.24, 2.45) is 5.16 Å². The number of thiol groups is 1. The Kier molecular flexibility index (Phi) is 6.55. The van der Waals surface area contributed by atoms with E-state index in [-0.39, 0.29) is 28.3 Å². The van der Waals surface area contributed by atoms with Crippen LogP contribution in [0.15, 0.2) is 21.8 Å². The van der Waals surface area contributed by atoms with Crippen molar-refractivity contribution in [2.75, 3.05) is 18.1 Å². The van der Waals surface area contributed by atoms with Gasteiger partial charge < -0.3 is 21.0 Å². The summed E-state index contributed by atoms with van der Waals surface area (Å²) in [6, 6.07) is -0.861. The van der Waals surface area contributed by atoms with E-state index < -0.39 is 28.3 Å². The first kappa shape index (κ1) is 22.1. The molecule has 2 fully saturated rings. The predicted octanol–water partition coefficient (Wildman–Crippen LogP) is 0.973. The number of hydrogen-bond donors (Lipinski definition) is 4. The van der Waals surface area contributed by atoms with Crippen LogP contribution in [0.4, 0.5) is 5.13 Å². The number of aromatic nitrogens is 1. The minimum atomic E-state index is -0.861. The summed E-state index contributed by atoms with van der Waals surface area (Å²) in [7, 11) is 0. The maximum Gasteiger partial charge on any atom is 0.276 e. The maximum atomic E-state index is 12.8. The van der Waals surface area contributed by atoms with Crippen molar-refractivity contribution in [2.45, 2.75) is 43.2 Å². The Bertz CT molecular complexity index is 972. The number of fused-ring (bicyclic) bond motifs is 1. The number of rotatable bonds is 6. The van der Waals surface area contributed by atoms with Crippen LogP contribution in [-0.2, 0) is 19.1 Å². The number of ether oxygens (including phenoxy) is 1. The van der Waals surface area contributed by atoms with Crippen LogP contribution in [0.25, 0.3) is 0 Å². The van der Waals surface area contributed by atoms with Gasteiger partial charge in [-0.2, -0.15) is 0 Å². The summed E-state index contributed by atoms with van der Waals surface area (Å²) in [4.78, 5) is 43.0. The Morgan fingerprint density at radius 1 is 1.45 bits per heavy atom. The molecule has 10 nitrogen and oxygen atoms in total. The van der Waals surface area contributed by atoms with E-state index >= 15 is 0 Å². The van der Waals surface area contributed by atoms with Gasteiger partial charge >= 0.3 is 0 Å². The van der Waals surface area contributed by atoms with E-state index in [1.165, 1.54) is 22.0 Å². The van der Waals surface area contributed by atoms with Gasteiger partial charge in [-0.05, 0) is 31.3 Å². The normalized spacial score (nSPS) is 26.4. The molecule has 166 valence electrons. The molecule has 2 unspecified atom stereocenters. The van der Waals surface area contributed by atoms with Gasteiger partial charge in [0.2, 0.25) is 5.12 Å². The minimum Gasteiger partial charge on any atom is -0.410 e. The zero-order valence-electron chi connectivity index (χ0n) is 16.3. The fourth-order valence-electron chi connectivity index (χ4n) is 3.90. The molecule has 4 N–H and O–H groups in total. The molecule has 4 rings (SSSR count). The highest BCUT2D eigenvalue weighted by Gasteiger charge is 2.54. The van der Waals surface area contributed by atoms with E-state index in [1.54, 1.807) is 0 Å². The molecule has 2 saturated heterocycles. The van der Waals surface area contributed by atoms with E-state index in [2.05, 4.69) is 28.1 Å². The molecule has 0 aliphatic carbocycles. The number of thiazole rings is 1. The lowest BCUT2D eigenvalue weighted by atomic mass is 9.97. The summed E-state index contributed by atoms with van der Waals surface area (Å²) >= 11 is 6.54. The molecule has 4 heterocycles. The summed E-state index contributed by atoms with van der Waals surface area (Å²) in [5.74, 6) is -0.637. The monoisotopic (exact) mass is 483 g/mol. The van der Waals surface area contributed by atoms with Crippen molar-refractivity contribution in [3.8, 4) is 0 Å². The second kappa shape index (κ2) is 9.18. The van der Waals surface area contributed by atoms with Crippen molar-refractivity contribution < 1.29 is 24.3 Å². The number of hydrogen-bond acceptors (Lipinski definition) is 10. The van der Waals surface area contributed by atoms with E-state index in [9.17, 15) is 19.6 Å². The van der Waals surface area contributed by atoms with Gasteiger partial charge in [0.05, 0.1) is 11.8 Å². The fourth-order valence-corrected chi connectivity index (χ4v) is 6.08. The molecule has 3 aliphatic rings. The quantitative estimate of drug-likeness (QED) is 0.154. The Hall–Kier alpha value is -2.09. The zero-order chi connectivity index (χ0) is 22.1. The summed E-state index contributed by atoms with van der Waals surface area (Å²) in [6.45, 7) is 0.702. The first-order valence-corrected chi connectivity index (χ1v) is 12.0. The number of nitrogens with one attached hydrogen (secondary N) is 1. The molecule has 0 spiro atoms. The fraction of sp³-hybridized carbons (Fsp3) is 0.500. The van der Waals surface area contributed by atoms with Gasteiger partial charge in [0.15, 0.2) is 10.8 Å². The van der Waals surface area contributed by atoms with Crippen molar-refractivity contribution in [3.05, 3.63) is 22.3 Å². The molecule has 2 amide bonds. The van der Waals surface area contributed by atoms with E-state index in [4.69, 9.17) is 10.5 Å². The number of nitrogens with zero attached hydrogens (tertiary/aromatic N) is 3. The molecule has 0 bridgehead atoms. The second-order valence-electron chi connectivity index (χ2n) is 7.33. The highest BCUT2D eigenvalue weighted by molar-refractivity contribution is 8.00. The SMILES string of the molecule is Nc1nc(/C(=N\O)C(=O)NC2C(=O)N3C(C(=O)S)=C(CC4CCCCO4)CS[C@H]23)cs1. The molecule has 3 aliphatic heterocycles. The molecule has 13 heteroatoms. The summed E-state index contributed by atoms with van der Waals surface area (Å²) in [6.07, 6.45) is 3.64. The number of carbonyl (C=O) groups excluding carboxylic acids is 3. The smallest absolute Gasteiger partial charge is 0.276 e. The molecule has 1 aromatic heterocycles. The number of nitrogen functional groups attached to an aromatic ring is 1. The summed E-state index contributed by atoms with van der Waals surface area (Å²) < 4.78 is 5.78. The molecule has 31 heavy (non-hydrogen) atoms. The Balaban J connectivity index is 1.48. The maximum absolute atomic E-state index is 12.8. The molecule has 0 aromatic carbocycles. The first-order chi connectivity index (χ1) is 14.9. The van der Waals surface area contributed by atoms with Crippen LogP contribution in [0.1, 0.15) is 31.4 Å². The van der Waals surface area contributed by atoms with Gasteiger partial charge in [0, 0.05) is 17.7 Å². The molecule has 3 atom stereocenters. The highest BCUT2D eigenvalue weighted by atomic mass is 32.2. The van der Waals surface area contributed by atoms with Gasteiger partial charge in [-0.25, -0.2) is 4.98 Å². The Morgan fingerprint density at radius 2 is 2.26 bits per heavy atom. The van der Waals surface area contributed by atoms with Crippen LogP contribution in [0.5, 0.6) is 0 Å². The second-order valence-corrected chi connectivity index (χ2v) is 9.73. The summed E-state index contributed by atoms with van der Waals surface area (Å²) in [5.41, 5.74) is 6.45. The van der Waals surface area contributed by atoms with Crippen LogP contribution in [0, 0.1) is 0 Å². The van der Waals surface area contributed by atoms with E-state index in [1.807, 2.05) is 0 Å². The van der Waals surface area contributed by atoms with Crippen LogP contribution < -0.4 is 11.1 Å². The number of thioether (sulfide) groups is 1. The minimum absolute atomic E-state index is 0.0318. The third kappa shape index (κ3) is 4.31. The van der Waals surface area contributed by atoms with Crippen molar-refractivity contribution >= 4 is 63.5 Å². The van der Waals surface area contributed by atoms with Gasteiger partial charge in [-0.15, -0.1) is 23.1 Å². The average molecular weight is 484 g/mol. The lowest BCUT2D eigenvalue weighted by Crippen LogP contribution is -2.71. The Morgan fingerprint density at radius 3 is 2.87 bits per heavy atom. The predicted molar refractivity (Wildman–Crippen MR) is 119 cm³/mol. The van der Waals surface area contributed by atoms with Gasteiger partial charge in [-0.1, -0.05) is 17.8 Å². The third-order valence-corrected chi connectivity index (χ3v) is 7.59. The number of carbonyl (C=O) groups is 3. The van der Waals surface area contributed by atoms with Crippen LogP contribution in [0.3, 0.4) is 0 Å². The van der Waals surface area contributed by atoms with Gasteiger partial charge in [-0.3, -0.25) is 19.3 Å². The van der Waals surface area contributed by atoms with Crippen LogP contribution >= 0.6 is 35.7 Å². The average Bonchev–Trinajstić information content (AvgIpc) is 3.18. The topological polar surface area (TPSA) is 147 Å². The molecule has 0 radical (unpaired) electrons. The van der Waals surface area contributed by atoms with Gasteiger partial charge in [0.1, 0.15) is 17.1 Å². The molecular weight excluding hydrogens is 462 g/mol. The molecular formula is C18H21N5O5S3. The Labute approximate surface area is 191 Å². The number of oxime groups is 1. The van der Waals surface area contributed by atoms with Crippen molar-refractivity contribution in [3.63, 3.8) is 0 Å². The number of anilines is 1. The first-order valence-electron chi connectivity index (χ1n) is 9.66. The highest BCUT2D eigenvalue weighted by Crippen LogP contribution is 2.42. The molecule has 0 saturated carbocycles. The lowest BCUT2D eigenvalue weighted by molar-refractivity contribution is -0.146. The lowest BCUT2D eigenvalue weighted by Gasteiger charge is -2.50. The van der Waals surface area contributed by atoms with E-state index in [0.29, 0.717) is 18.8 Å². The summed E-state index contributed by atoms with van der Waals surface area (Å²) in [5, 5.41) is 15.6. The largest absolute Gasteiger partial charge is 0.410 e. The zero-order valence-corrected chi connectivity index (χ0v) is 18.8. The standard InChI is InChI=1S/C18H21N5O5S3/c19-18-20-10(7-31-18)11(22-27)14(24)21-12-15(25)23-13(17(26)29)8(6-30-16(12)23)5-9-3-1-2-4-28-9/h7,9,12,16,27H,1-6H2,(H2,19,20)(H,21,24)(H,26,29)/b22-11+/t9?,12?,16-/m1/s1. The van der Waals surface area contributed by atoms with Crippen LogP contribution in [0.2, 0.25) is 0 Å². The van der Waals surface area contributed by atoms with Gasteiger partial charge in [0.25, 0.3) is 11.8 Å². The van der Waals surface area contributed by atoms with E-state index in [0.717, 1.165) is 36.2 Å². The molecule has 1 aromatic rings. The van der Waals surface area contributed by atoms with Crippen molar-refractivity contribution in [1.29, 1.82) is 0 Å². The third-order valence-electron chi connectivity index (χ3n) is 5.36. The number of β-lactam (4-membered cyclic amide) rings is 1. The number of amides is 2. The van der Waals surface area contributed by atoms with Crippen LogP contribution in [-0.4, -0.2) is 67.6 Å². The van der Waals surface area contributed by atoms with Crippen molar-refractivity contribution in [1.82, 2.24) is 15.2 Å².